The van der Waals surface area contributed by atoms with Crippen molar-refractivity contribution >= 4 is 0 Å². The molecule has 8 aliphatic rings. The van der Waals surface area contributed by atoms with Gasteiger partial charge in [-0.05, 0) is 35.4 Å². The first-order chi connectivity index (χ1) is 25.5. The number of hydrogen-bond acceptors (Lipinski definition) is 8. The highest BCUT2D eigenvalue weighted by Crippen LogP contribution is 2.44. The van der Waals surface area contributed by atoms with Crippen LogP contribution in [0.5, 0.6) is 0 Å². The number of benzene rings is 1. The Morgan fingerprint density at radius 2 is 0.519 bits per heavy atom. The SMILES string of the molecule is O=c1oc2cccccc-2c1C(c1ccc(C(c2c3cccccc-3oc2=O)c2c3cccccc-3oc2=O)cc1)c1c2cccccc-2oc1=O. The second kappa shape index (κ2) is 12.4. The topological polar surface area (TPSA) is 121 Å². The van der Waals surface area contributed by atoms with Crippen LogP contribution in [0.25, 0.3) is 45.3 Å². The molecule has 0 N–H and O–H groups in total. The number of furan rings is 4. The van der Waals surface area contributed by atoms with E-state index in [1.807, 2.05) is 48.5 Å². The average molecular weight is 683 g/mol. The molecule has 0 saturated heterocycles. The van der Waals surface area contributed by atoms with Gasteiger partial charge in [0.15, 0.2) is 0 Å². The third-order valence-corrected chi connectivity index (χ3v) is 9.60. The molecule has 0 unspecified atom stereocenters. The van der Waals surface area contributed by atoms with Crippen molar-refractivity contribution in [1.29, 1.82) is 0 Å². The molecule has 0 atom stereocenters. The summed E-state index contributed by atoms with van der Waals surface area (Å²) >= 11 is 0. The summed E-state index contributed by atoms with van der Waals surface area (Å²) in [5.41, 5.74) is 2.23. The lowest BCUT2D eigenvalue weighted by molar-refractivity contribution is 0.532. The zero-order valence-corrected chi connectivity index (χ0v) is 27.3. The molecule has 52 heavy (non-hydrogen) atoms. The largest absolute Gasteiger partial charge is 0.422 e. The smallest absolute Gasteiger partial charge is 0.341 e. The third-order valence-electron chi connectivity index (χ3n) is 9.60. The Kier molecular flexibility index (Phi) is 7.36. The highest BCUT2D eigenvalue weighted by molar-refractivity contribution is 5.74. The molecule has 9 rings (SSSR count). The Labute approximate surface area is 294 Å². The van der Waals surface area contributed by atoms with Gasteiger partial charge in [0.25, 0.3) is 0 Å². The zero-order valence-electron chi connectivity index (χ0n) is 27.3. The van der Waals surface area contributed by atoms with Crippen LogP contribution in [0.4, 0.5) is 0 Å². The summed E-state index contributed by atoms with van der Waals surface area (Å²) in [5.74, 6) is -0.279. The summed E-state index contributed by atoms with van der Waals surface area (Å²) in [6, 6.07) is 42.9. The van der Waals surface area contributed by atoms with Crippen LogP contribution in [0.15, 0.2) is 182 Å². The van der Waals surface area contributed by atoms with E-state index in [4.69, 9.17) is 17.7 Å². The van der Waals surface area contributed by atoms with E-state index in [0.29, 0.717) is 56.4 Å². The summed E-state index contributed by atoms with van der Waals surface area (Å²) in [5, 5.41) is 0. The Morgan fingerprint density at radius 3 is 0.769 bits per heavy atom. The van der Waals surface area contributed by atoms with Gasteiger partial charge >= 0.3 is 22.5 Å². The maximum absolute atomic E-state index is 13.7. The fourth-order valence-electron chi connectivity index (χ4n) is 7.36. The van der Waals surface area contributed by atoms with E-state index in [-0.39, 0.29) is 22.3 Å². The third kappa shape index (κ3) is 5.00. The van der Waals surface area contributed by atoms with Crippen molar-refractivity contribution in [2.45, 2.75) is 11.8 Å². The lowest BCUT2D eigenvalue weighted by Crippen LogP contribution is -2.19. The average Bonchev–Trinajstić information content (AvgIpc) is 3.50. The molecular weight excluding hydrogens is 656 g/mol. The second-order valence-corrected chi connectivity index (χ2v) is 12.5. The van der Waals surface area contributed by atoms with Crippen molar-refractivity contribution in [3.8, 4) is 45.3 Å². The van der Waals surface area contributed by atoms with Crippen molar-refractivity contribution in [2.75, 3.05) is 0 Å². The minimum atomic E-state index is -0.896. The van der Waals surface area contributed by atoms with Crippen molar-refractivity contribution in [3.63, 3.8) is 0 Å². The predicted octanol–water partition coefficient (Wildman–Crippen LogP) is 8.28. The molecule has 0 amide bonds. The molecule has 0 spiro atoms. The summed E-state index contributed by atoms with van der Waals surface area (Å²) < 4.78 is 22.9. The number of hydrogen-bond donors (Lipinski definition) is 0. The van der Waals surface area contributed by atoms with Crippen molar-refractivity contribution in [2.24, 2.45) is 0 Å². The molecule has 0 radical (unpaired) electrons. The molecule has 8 heteroatoms. The minimum absolute atomic E-state index is 0.284. The van der Waals surface area contributed by atoms with Crippen LogP contribution >= 0.6 is 0 Å². The van der Waals surface area contributed by atoms with Gasteiger partial charge in [-0.25, -0.2) is 19.2 Å². The normalized spacial score (nSPS) is 11.7. The van der Waals surface area contributed by atoms with Crippen LogP contribution in [0.2, 0.25) is 0 Å². The lowest BCUT2D eigenvalue weighted by Gasteiger charge is -2.19. The highest BCUT2D eigenvalue weighted by atomic mass is 16.4. The summed E-state index contributed by atoms with van der Waals surface area (Å²) in [4.78, 5) is 54.9. The summed E-state index contributed by atoms with van der Waals surface area (Å²) in [6.45, 7) is 0. The first-order valence-electron chi connectivity index (χ1n) is 16.6. The molecule has 250 valence electrons. The van der Waals surface area contributed by atoms with Crippen LogP contribution in [0.1, 0.15) is 45.2 Å². The zero-order chi connectivity index (χ0) is 35.3. The highest BCUT2D eigenvalue weighted by Gasteiger charge is 2.36. The van der Waals surface area contributed by atoms with Gasteiger partial charge < -0.3 is 17.7 Å². The van der Waals surface area contributed by atoms with Crippen LogP contribution in [-0.4, -0.2) is 0 Å². The molecule has 0 saturated carbocycles. The maximum Gasteiger partial charge on any atom is 0.341 e. The van der Waals surface area contributed by atoms with E-state index in [9.17, 15) is 19.2 Å². The van der Waals surface area contributed by atoms with E-state index >= 15 is 0 Å². The Bertz CT molecular complexity index is 2490. The van der Waals surface area contributed by atoms with Gasteiger partial charge in [0.1, 0.15) is 23.0 Å². The van der Waals surface area contributed by atoms with Gasteiger partial charge in [-0.2, -0.15) is 0 Å². The van der Waals surface area contributed by atoms with Gasteiger partial charge in [-0.3, -0.25) is 0 Å². The van der Waals surface area contributed by atoms with Gasteiger partial charge in [0.2, 0.25) is 0 Å². The fourth-order valence-corrected chi connectivity index (χ4v) is 7.36. The Hall–Kier alpha value is -7.06. The Morgan fingerprint density at radius 1 is 0.288 bits per heavy atom. The molecule has 0 aromatic heterocycles. The van der Waals surface area contributed by atoms with Gasteiger partial charge in [-0.15, -0.1) is 0 Å². The Balaban J connectivity index is 1.29. The first kappa shape index (κ1) is 31.0. The standard InChI is InChI=1S/C44H26O8/c45-41-37(27-13-5-1-9-17-31(27)49-41)35(38-28-14-6-2-10-18-32(28)50-42(38)46)25-21-23-26(24-22-25)36(39-29-15-7-3-11-19-33(29)51-43(39)47)40-30-16-8-4-12-20-34(30)52-44(40)48/h1-24,35-36H. The quantitative estimate of drug-likeness (QED) is 0.172. The van der Waals surface area contributed by atoms with Crippen LogP contribution in [0.3, 0.4) is 0 Å². The monoisotopic (exact) mass is 682 g/mol. The van der Waals surface area contributed by atoms with Gasteiger partial charge in [-0.1, -0.05) is 121 Å². The van der Waals surface area contributed by atoms with E-state index < -0.39 is 34.3 Å². The molecule has 4 heterocycles. The summed E-state index contributed by atoms with van der Waals surface area (Å²) in [7, 11) is 0. The first-order valence-corrected chi connectivity index (χ1v) is 16.6. The predicted molar refractivity (Wildman–Crippen MR) is 195 cm³/mol. The molecule has 8 nitrogen and oxygen atoms in total. The van der Waals surface area contributed by atoms with E-state index in [1.165, 1.54) is 0 Å². The van der Waals surface area contributed by atoms with Crippen molar-refractivity contribution in [3.05, 3.63) is 221 Å². The van der Waals surface area contributed by atoms with Crippen LogP contribution in [-0.2, 0) is 0 Å². The van der Waals surface area contributed by atoms with Crippen molar-refractivity contribution in [1.82, 2.24) is 0 Å². The molecular formula is C44H26O8. The van der Waals surface area contributed by atoms with Crippen LogP contribution < -0.4 is 22.5 Å². The van der Waals surface area contributed by atoms with E-state index in [1.54, 1.807) is 97.1 Å². The second-order valence-electron chi connectivity index (χ2n) is 12.5. The van der Waals surface area contributed by atoms with Gasteiger partial charge in [0, 0.05) is 34.1 Å². The van der Waals surface area contributed by atoms with Crippen molar-refractivity contribution < 1.29 is 17.7 Å². The number of fused-ring (bicyclic) bond motifs is 4. The van der Waals surface area contributed by atoms with E-state index in [0.717, 1.165) is 0 Å². The van der Waals surface area contributed by atoms with Crippen LogP contribution in [0, 0.1) is 0 Å². The molecule has 1 aromatic carbocycles. The van der Waals surface area contributed by atoms with Gasteiger partial charge in [0.05, 0.1) is 22.3 Å². The lowest BCUT2D eigenvalue weighted by atomic mass is 9.80. The molecule has 4 aliphatic heterocycles. The molecule has 1 aromatic rings. The van der Waals surface area contributed by atoms with E-state index in [2.05, 4.69) is 0 Å². The number of rotatable bonds is 6. The fraction of sp³-hybridized carbons (Fsp3) is 0.0455. The molecule has 0 fully saturated rings. The molecule has 0 bridgehead atoms. The molecule has 4 aliphatic carbocycles. The summed E-state index contributed by atoms with van der Waals surface area (Å²) in [6.07, 6.45) is 0. The maximum atomic E-state index is 13.7. The minimum Gasteiger partial charge on any atom is -0.422 e.